The van der Waals surface area contributed by atoms with Crippen LogP contribution in [0.3, 0.4) is 0 Å². The first-order valence-electron chi connectivity index (χ1n) is 3.64. The Morgan fingerprint density at radius 1 is 1.40 bits per heavy atom. The summed E-state index contributed by atoms with van der Waals surface area (Å²) in [5.74, 6) is 0.304. The lowest BCUT2D eigenvalue weighted by atomic mass is 10.2. The van der Waals surface area contributed by atoms with E-state index >= 15 is 0 Å². The maximum Gasteiger partial charge on any atom is 0.0851 e. The highest BCUT2D eigenvalue weighted by molar-refractivity contribution is 4.77. The van der Waals surface area contributed by atoms with E-state index in [9.17, 15) is 0 Å². The lowest BCUT2D eigenvalue weighted by molar-refractivity contribution is 0.363. The lowest BCUT2D eigenvalue weighted by Gasteiger charge is -2.07. The van der Waals surface area contributed by atoms with Crippen molar-refractivity contribution in [1.29, 1.82) is 0 Å². The summed E-state index contributed by atoms with van der Waals surface area (Å²) >= 11 is 0. The summed E-state index contributed by atoms with van der Waals surface area (Å²) in [4.78, 5) is 2.14. The SMILES string of the molecule is C=C(O)CCCCN(C)C. The second kappa shape index (κ2) is 5.30. The van der Waals surface area contributed by atoms with Crippen LogP contribution in [0, 0.1) is 0 Å². The highest BCUT2D eigenvalue weighted by Crippen LogP contribution is 2.01. The summed E-state index contributed by atoms with van der Waals surface area (Å²) in [5, 5.41) is 8.71. The lowest BCUT2D eigenvalue weighted by Crippen LogP contribution is -2.12. The molecule has 0 heterocycles. The Balaban J connectivity index is 2.98. The molecule has 10 heavy (non-hydrogen) atoms. The Kier molecular flexibility index (Phi) is 5.03. The van der Waals surface area contributed by atoms with Gasteiger partial charge in [0.05, 0.1) is 5.76 Å². The van der Waals surface area contributed by atoms with E-state index in [-0.39, 0.29) is 0 Å². The number of nitrogens with zero attached hydrogens (tertiary/aromatic N) is 1. The van der Waals surface area contributed by atoms with Crippen LogP contribution in [0.15, 0.2) is 12.3 Å². The van der Waals surface area contributed by atoms with Crippen molar-refractivity contribution < 1.29 is 5.11 Å². The summed E-state index contributed by atoms with van der Waals surface area (Å²) in [5.41, 5.74) is 0. The molecule has 0 saturated heterocycles. The van der Waals surface area contributed by atoms with Crippen LogP contribution in [0.4, 0.5) is 0 Å². The van der Waals surface area contributed by atoms with Gasteiger partial charge in [-0.15, -0.1) is 0 Å². The fourth-order valence-electron chi connectivity index (χ4n) is 0.757. The zero-order chi connectivity index (χ0) is 7.98. The molecule has 2 nitrogen and oxygen atoms in total. The molecular formula is C8H17NO. The Labute approximate surface area is 63.2 Å². The van der Waals surface area contributed by atoms with Crippen LogP contribution in [-0.4, -0.2) is 30.6 Å². The largest absolute Gasteiger partial charge is 0.513 e. The summed E-state index contributed by atoms with van der Waals surface area (Å²) in [6, 6.07) is 0. The number of aliphatic hydroxyl groups excluding tert-OH is 1. The van der Waals surface area contributed by atoms with Gasteiger partial charge in [0.2, 0.25) is 0 Å². The number of hydrogen-bond acceptors (Lipinski definition) is 2. The molecule has 0 bridgehead atoms. The van der Waals surface area contributed by atoms with Gasteiger partial charge >= 0.3 is 0 Å². The zero-order valence-corrected chi connectivity index (χ0v) is 6.93. The molecule has 0 fully saturated rings. The van der Waals surface area contributed by atoms with Crippen molar-refractivity contribution in [3.63, 3.8) is 0 Å². The third kappa shape index (κ3) is 7.50. The highest BCUT2D eigenvalue weighted by Gasteiger charge is 1.91. The first kappa shape index (κ1) is 9.50. The summed E-state index contributed by atoms with van der Waals surface area (Å²) in [7, 11) is 4.10. The predicted octanol–water partition coefficient (Wildman–Crippen LogP) is 1.79. The number of allylic oxidation sites excluding steroid dienone is 1. The van der Waals surface area contributed by atoms with Crippen LogP contribution in [0.5, 0.6) is 0 Å². The molecular weight excluding hydrogens is 126 g/mol. The molecule has 0 aromatic carbocycles. The number of unbranched alkanes of at least 4 members (excludes halogenated alkanes) is 1. The maximum absolute atomic E-state index is 8.71. The van der Waals surface area contributed by atoms with E-state index in [0.717, 1.165) is 25.8 Å². The zero-order valence-electron chi connectivity index (χ0n) is 6.93. The fraction of sp³-hybridized carbons (Fsp3) is 0.750. The van der Waals surface area contributed by atoms with E-state index < -0.39 is 0 Å². The van der Waals surface area contributed by atoms with Crippen molar-refractivity contribution in [3.8, 4) is 0 Å². The van der Waals surface area contributed by atoms with Crippen molar-refractivity contribution >= 4 is 0 Å². The molecule has 0 aliphatic heterocycles. The molecule has 0 unspecified atom stereocenters. The molecule has 0 spiro atoms. The minimum atomic E-state index is 0.304. The van der Waals surface area contributed by atoms with E-state index in [2.05, 4.69) is 11.5 Å². The van der Waals surface area contributed by atoms with Crippen molar-refractivity contribution in [1.82, 2.24) is 4.90 Å². The van der Waals surface area contributed by atoms with Crippen molar-refractivity contribution in [2.24, 2.45) is 0 Å². The summed E-state index contributed by atoms with van der Waals surface area (Å²) in [6.45, 7) is 4.50. The monoisotopic (exact) mass is 143 g/mol. The van der Waals surface area contributed by atoms with Gasteiger partial charge in [0.15, 0.2) is 0 Å². The normalized spacial score (nSPS) is 10.3. The molecule has 0 radical (unpaired) electrons. The van der Waals surface area contributed by atoms with Crippen LogP contribution in [-0.2, 0) is 0 Å². The van der Waals surface area contributed by atoms with Gasteiger partial charge in [-0.1, -0.05) is 6.58 Å². The smallest absolute Gasteiger partial charge is 0.0851 e. The second-order valence-electron chi connectivity index (χ2n) is 2.83. The molecule has 0 aliphatic carbocycles. The van der Waals surface area contributed by atoms with Crippen LogP contribution in [0.2, 0.25) is 0 Å². The molecule has 1 N–H and O–H groups in total. The molecule has 0 aromatic heterocycles. The number of aliphatic hydroxyl groups is 1. The van der Waals surface area contributed by atoms with Gasteiger partial charge in [-0.2, -0.15) is 0 Å². The van der Waals surface area contributed by atoms with Gasteiger partial charge in [0, 0.05) is 6.42 Å². The van der Waals surface area contributed by atoms with Crippen LogP contribution >= 0.6 is 0 Å². The van der Waals surface area contributed by atoms with Crippen molar-refractivity contribution in [3.05, 3.63) is 12.3 Å². The molecule has 0 aliphatic rings. The predicted molar refractivity (Wildman–Crippen MR) is 44.2 cm³/mol. The first-order chi connectivity index (χ1) is 4.63. The average molecular weight is 143 g/mol. The molecule has 0 rings (SSSR count). The van der Waals surface area contributed by atoms with Crippen molar-refractivity contribution in [2.45, 2.75) is 19.3 Å². The standard InChI is InChI=1S/C8H17NO/c1-8(10)6-4-5-7-9(2)3/h10H,1,4-7H2,2-3H3. The second-order valence-corrected chi connectivity index (χ2v) is 2.83. The molecule has 0 saturated carbocycles. The first-order valence-corrected chi connectivity index (χ1v) is 3.64. The highest BCUT2D eigenvalue weighted by atomic mass is 16.3. The molecule has 0 aromatic rings. The fourth-order valence-corrected chi connectivity index (χ4v) is 0.757. The van der Waals surface area contributed by atoms with E-state index in [1.165, 1.54) is 0 Å². The van der Waals surface area contributed by atoms with E-state index in [1.54, 1.807) is 0 Å². The quantitative estimate of drug-likeness (QED) is 0.468. The Bertz CT molecular complexity index is 99.4. The molecule has 0 atom stereocenters. The third-order valence-electron chi connectivity index (χ3n) is 1.32. The Morgan fingerprint density at radius 3 is 2.40 bits per heavy atom. The summed E-state index contributed by atoms with van der Waals surface area (Å²) in [6.07, 6.45) is 2.91. The molecule has 60 valence electrons. The third-order valence-corrected chi connectivity index (χ3v) is 1.32. The maximum atomic E-state index is 8.71. The van der Waals surface area contributed by atoms with Crippen molar-refractivity contribution in [2.75, 3.05) is 20.6 Å². The van der Waals surface area contributed by atoms with Gasteiger partial charge in [-0.25, -0.2) is 0 Å². The van der Waals surface area contributed by atoms with Gasteiger partial charge < -0.3 is 10.0 Å². The van der Waals surface area contributed by atoms with Gasteiger partial charge in [-0.3, -0.25) is 0 Å². The van der Waals surface area contributed by atoms with Crippen LogP contribution in [0.1, 0.15) is 19.3 Å². The Morgan fingerprint density at radius 2 is 2.00 bits per heavy atom. The minimum absolute atomic E-state index is 0.304. The molecule has 2 heteroatoms. The van der Waals surface area contributed by atoms with Gasteiger partial charge in [-0.05, 0) is 33.5 Å². The van der Waals surface area contributed by atoms with Gasteiger partial charge in [0.25, 0.3) is 0 Å². The summed E-state index contributed by atoms with van der Waals surface area (Å²) < 4.78 is 0. The Hall–Kier alpha value is -0.500. The minimum Gasteiger partial charge on any atom is -0.513 e. The van der Waals surface area contributed by atoms with Crippen LogP contribution in [0.25, 0.3) is 0 Å². The number of rotatable bonds is 5. The van der Waals surface area contributed by atoms with Crippen LogP contribution < -0.4 is 0 Å². The number of hydrogen-bond donors (Lipinski definition) is 1. The van der Waals surface area contributed by atoms with E-state index in [4.69, 9.17) is 5.11 Å². The topological polar surface area (TPSA) is 23.5 Å². The molecule has 0 amide bonds. The average Bonchev–Trinajstić information content (AvgIpc) is 1.79. The van der Waals surface area contributed by atoms with E-state index in [1.807, 2.05) is 14.1 Å². The van der Waals surface area contributed by atoms with E-state index in [0.29, 0.717) is 5.76 Å². The van der Waals surface area contributed by atoms with Gasteiger partial charge in [0.1, 0.15) is 0 Å².